The fourth-order valence-electron chi connectivity index (χ4n) is 2.17. The van der Waals surface area contributed by atoms with Crippen molar-refractivity contribution < 1.29 is 18.3 Å². The number of rotatable bonds is 1. The molecule has 0 amide bonds. The molecule has 114 valence electrons. The number of piperidine rings is 1. The maximum Gasteiger partial charge on any atom is 0.417 e. The van der Waals surface area contributed by atoms with Gasteiger partial charge in [0.25, 0.3) is 0 Å². The van der Waals surface area contributed by atoms with Gasteiger partial charge in [-0.1, -0.05) is 35.6 Å². The highest BCUT2D eigenvalue weighted by Gasteiger charge is 2.54. The minimum atomic E-state index is -4.57. The molecule has 1 saturated heterocycles. The van der Waals surface area contributed by atoms with Crippen LogP contribution >= 0.6 is 11.6 Å². The molecule has 0 spiro atoms. The van der Waals surface area contributed by atoms with Crippen LogP contribution in [-0.4, -0.2) is 41.4 Å². The third-order valence-corrected chi connectivity index (χ3v) is 3.94. The molecule has 6 heteroatoms. The predicted octanol–water partition coefficient (Wildman–Crippen LogP) is 3.08. The van der Waals surface area contributed by atoms with Crippen molar-refractivity contribution >= 4 is 11.6 Å². The lowest BCUT2D eigenvalue weighted by Crippen LogP contribution is -2.53. The molecule has 0 aliphatic carbocycles. The summed E-state index contributed by atoms with van der Waals surface area (Å²) in [6, 6.07) is 7.14. The van der Waals surface area contributed by atoms with E-state index in [-0.39, 0.29) is 25.9 Å². The van der Waals surface area contributed by atoms with E-state index >= 15 is 0 Å². The highest BCUT2D eigenvalue weighted by Crippen LogP contribution is 2.38. The topological polar surface area (TPSA) is 23.5 Å². The summed E-state index contributed by atoms with van der Waals surface area (Å²) >= 11 is 5.96. The zero-order valence-electron chi connectivity index (χ0n) is 11.3. The quantitative estimate of drug-likeness (QED) is 0.805. The second kappa shape index (κ2) is 6.27. The number of nitrogens with zero attached hydrogens (tertiary/aromatic N) is 1. The highest BCUT2D eigenvalue weighted by molar-refractivity contribution is 6.31. The second-order valence-electron chi connectivity index (χ2n) is 5.09. The van der Waals surface area contributed by atoms with Crippen LogP contribution in [0.4, 0.5) is 13.2 Å². The average molecular weight is 318 g/mol. The van der Waals surface area contributed by atoms with Crippen molar-refractivity contribution in [1.82, 2.24) is 4.90 Å². The molecule has 1 aromatic rings. The standard InChI is InChI=1S/C15H15ClF3NO/c16-13-6-2-1-4-12(13)5-3-9-20-10-7-14(21,8-11-20)15(17,18)19/h1-2,4,6,21H,7-11H2. The van der Waals surface area contributed by atoms with Crippen LogP contribution in [-0.2, 0) is 0 Å². The average Bonchev–Trinajstić information content (AvgIpc) is 2.42. The summed E-state index contributed by atoms with van der Waals surface area (Å²) < 4.78 is 38.0. The number of likely N-dealkylation sites (tertiary alicyclic amines) is 1. The molecule has 1 aliphatic rings. The van der Waals surface area contributed by atoms with E-state index in [1.165, 1.54) is 0 Å². The Morgan fingerprint density at radius 2 is 1.86 bits per heavy atom. The van der Waals surface area contributed by atoms with E-state index in [1.807, 2.05) is 6.07 Å². The monoisotopic (exact) mass is 317 g/mol. The molecule has 0 unspecified atom stereocenters. The zero-order valence-corrected chi connectivity index (χ0v) is 12.0. The van der Waals surface area contributed by atoms with E-state index in [4.69, 9.17) is 11.6 Å². The highest BCUT2D eigenvalue weighted by atomic mass is 35.5. The first-order valence-electron chi connectivity index (χ1n) is 6.57. The molecule has 2 rings (SSSR count). The largest absolute Gasteiger partial charge is 0.417 e. The number of halogens is 4. The van der Waals surface area contributed by atoms with Gasteiger partial charge in [-0.15, -0.1) is 0 Å². The summed E-state index contributed by atoms with van der Waals surface area (Å²) in [5.41, 5.74) is -1.86. The number of alkyl halides is 3. The van der Waals surface area contributed by atoms with Crippen molar-refractivity contribution in [3.05, 3.63) is 34.9 Å². The Morgan fingerprint density at radius 1 is 1.24 bits per heavy atom. The molecule has 0 bridgehead atoms. The molecule has 1 heterocycles. The van der Waals surface area contributed by atoms with Crippen LogP contribution in [0, 0.1) is 11.8 Å². The Labute approximate surface area is 126 Å². The molecule has 2 nitrogen and oxygen atoms in total. The Hall–Kier alpha value is -1.22. The normalized spacial score (nSPS) is 18.9. The molecule has 1 aliphatic heterocycles. The molecule has 0 radical (unpaired) electrons. The van der Waals surface area contributed by atoms with Gasteiger partial charge < -0.3 is 5.11 Å². The van der Waals surface area contributed by atoms with Gasteiger partial charge in [0, 0.05) is 18.7 Å². The number of hydrogen-bond acceptors (Lipinski definition) is 2. The third-order valence-electron chi connectivity index (χ3n) is 3.61. The van der Waals surface area contributed by atoms with E-state index in [9.17, 15) is 18.3 Å². The maximum absolute atomic E-state index is 12.7. The molecule has 0 saturated carbocycles. The Kier molecular flexibility index (Phi) is 4.82. The van der Waals surface area contributed by atoms with Crippen molar-refractivity contribution in [3.8, 4) is 11.8 Å². The summed E-state index contributed by atoms with van der Waals surface area (Å²) in [6.07, 6.45) is -5.20. The van der Waals surface area contributed by atoms with Crippen LogP contribution in [0.3, 0.4) is 0 Å². The van der Waals surface area contributed by atoms with Crippen LogP contribution in [0.15, 0.2) is 24.3 Å². The van der Waals surface area contributed by atoms with Gasteiger partial charge in [0.1, 0.15) is 0 Å². The van der Waals surface area contributed by atoms with Gasteiger partial charge in [0.15, 0.2) is 5.60 Å². The van der Waals surface area contributed by atoms with Crippen molar-refractivity contribution in [2.75, 3.05) is 19.6 Å². The van der Waals surface area contributed by atoms with Gasteiger partial charge in [-0.2, -0.15) is 13.2 Å². The summed E-state index contributed by atoms with van der Waals surface area (Å²) in [6.45, 7) is 0.708. The molecule has 1 fully saturated rings. The van der Waals surface area contributed by atoms with Gasteiger partial charge >= 0.3 is 6.18 Å². The Balaban J connectivity index is 1.90. The van der Waals surface area contributed by atoms with Crippen molar-refractivity contribution in [2.24, 2.45) is 0 Å². The minimum absolute atomic E-state index is 0.174. The van der Waals surface area contributed by atoms with Crippen LogP contribution < -0.4 is 0 Å². The summed E-state index contributed by atoms with van der Waals surface area (Å²) in [7, 11) is 0. The molecule has 21 heavy (non-hydrogen) atoms. The van der Waals surface area contributed by atoms with Gasteiger partial charge in [0.2, 0.25) is 0 Å². The van der Waals surface area contributed by atoms with E-state index in [0.717, 1.165) is 0 Å². The number of aliphatic hydroxyl groups is 1. The van der Waals surface area contributed by atoms with Crippen LogP contribution in [0.25, 0.3) is 0 Å². The lowest BCUT2D eigenvalue weighted by molar-refractivity contribution is -0.272. The first-order chi connectivity index (χ1) is 9.82. The van der Waals surface area contributed by atoms with Gasteiger partial charge in [-0.3, -0.25) is 4.90 Å². The van der Waals surface area contributed by atoms with Crippen molar-refractivity contribution in [1.29, 1.82) is 0 Å². The van der Waals surface area contributed by atoms with Crippen molar-refractivity contribution in [2.45, 2.75) is 24.6 Å². The van der Waals surface area contributed by atoms with Crippen molar-refractivity contribution in [3.63, 3.8) is 0 Å². The fraction of sp³-hybridized carbons (Fsp3) is 0.467. The van der Waals surface area contributed by atoms with E-state index in [0.29, 0.717) is 17.1 Å². The molecular formula is C15H15ClF3NO. The maximum atomic E-state index is 12.7. The second-order valence-corrected chi connectivity index (χ2v) is 5.49. The van der Waals surface area contributed by atoms with Gasteiger partial charge in [-0.05, 0) is 25.0 Å². The smallest absolute Gasteiger partial charge is 0.380 e. The number of hydrogen-bond donors (Lipinski definition) is 1. The van der Waals surface area contributed by atoms with Gasteiger partial charge in [0.05, 0.1) is 11.6 Å². The SMILES string of the molecule is OC1(C(F)(F)F)CCN(CC#Cc2ccccc2Cl)CC1. The lowest BCUT2D eigenvalue weighted by atomic mass is 9.91. The van der Waals surface area contributed by atoms with Crippen LogP contribution in [0.2, 0.25) is 5.02 Å². The molecule has 0 atom stereocenters. The van der Waals surface area contributed by atoms with E-state index in [2.05, 4.69) is 11.8 Å². The summed E-state index contributed by atoms with van der Waals surface area (Å²) in [5, 5.41) is 10.1. The zero-order chi connectivity index (χ0) is 15.5. The van der Waals surface area contributed by atoms with E-state index in [1.54, 1.807) is 23.1 Å². The minimum Gasteiger partial charge on any atom is -0.380 e. The molecule has 1 N–H and O–H groups in total. The van der Waals surface area contributed by atoms with Gasteiger partial charge in [-0.25, -0.2) is 0 Å². The Morgan fingerprint density at radius 3 is 2.43 bits per heavy atom. The van der Waals surface area contributed by atoms with E-state index < -0.39 is 11.8 Å². The third kappa shape index (κ3) is 3.91. The molecular weight excluding hydrogens is 303 g/mol. The first kappa shape index (κ1) is 16.2. The predicted molar refractivity (Wildman–Crippen MR) is 75.0 cm³/mol. The summed E-state index contributed by atoms with van der Waals surface area (Å²) in [4.78, 5) is 1.80. The fourth-order valence-corrected chi connectivity index (χ4v) is 2.36. The Bertz CT molecular complexity index is 554. The van der Waals surface area contributed by atoms with Crippen LogP contribution in [0.1, 0.15) is 18.4 Å². The first-order valence-corrected chi connectivity index (χ1v) is 6.94. The summed E-state index contributed by atoms with van der Waals surface area (Å²) in [5.74, 6) is 5.81. The molecule has 1 aromatic carbocycles. The van der Waals surface area contributed by atoms with Crippen LogP contribution in [0.5, 0.6) is 0 Å². The lowest BCUT2D eigenvalue weighted by Gasteiger charge is -2.38. The number of benzene rings is 1. The molecule has 0 aromatic heterocycles.